The molecule has 1 N–H and O–H groups in total. The normalized spacial score (nSPS) is 18.4. The molecule has 2 heterocycles. The van der Waals surface area contributed by atoms with Crippen LogP contribution in [0.3, 0.4) is 0 Å². The average Bonchev–Trinajstić information content (AvgIpc) is 3.35. The zero-order valence-corrected chi connectivity index (χ0v) is 17.3. The number of aliphatic hydroxyl groups is 1. The van der Waals surface area contributed by atoms with Gasteiger partial charge in [0.2, 0.25) is 0 Å². The molecule has 0 radical (unpaired) electrons. The Morgan fingerprint density at radius 1 is 1.03 bits per heavy atom. The summed E-state index contributed by atoms with van der Waals surface area (Å²) < 4.78 is 5.55. The van der Waals surface area contributed by atoms with Crippen molar-refractivity contribution in [1.29, 1.82) is 0 Å². The fourth-order valence-electron chi connectivity index (χ4n) is 3.60. The molecule has 6 heteroatoms. The van der Waals surface area contributed by atoms with Crippen LogP contribution >= 0.6 is 11.6 Å². The van der Waals surface area contributed by atoms with Gasteiger partial charge in [0.25, 0.3) is 11.7 Å². The van der Waals surface area contributed by atoms with E-state index >= 15 is 0 Å². The second kappa shape index (κ2) is 7.84. The van der Waals surface area contributed by atoms with Crippen molar-refractivity contribution in [1.82, 2.24) is 0 Å². The molecule has 0 bridgehead atoms. The molecule has 0 aliphatic carbocycles. The van der Waals surface area contributed by atoms with Gasteiger partial charge in [-0.05, 0) is 60.0 Å². The largest absolute Gasteiger partial charge is 0.507 e. The third-order valence-electron chi connectivity index (χ3n) is 5.21. The average molecular weight is 422 g/mol. The Kier molecular flexibility index (Phi) is 5.22. The minimum absolute atomic E-state index is 0.0230. The van der Waals surface area contributed by atoms with Gasteiger partial charge in [0, 0.05) is 16.3 Å². The molecule has 152 valence electrons. The van der Waals surface area contributed by atoms with Crippen LogP contribution in [0.2, 0.25) is 5.02 Å². The SMILES string of the molecule is CC(C)c1ccc(N2C(=O)C(=O)/C(=C(\O)c3ccc(Cl)cc3)C2c2ccco2)cc1. The second-order valence-corrected chi connectivity index (χ2v) is 7.87. The van der Waals surface area contributed by atoms with Gasteiger partial charge in [-0.2, -0.15) is 0 Å². The van der Waals surface area contributed by atoms with Crippen molar-refractivity contribution in [3.8, 4) is 0 Å². The first kappa shape index (κ1) is 20.0. The summed E-state index contributed by atoms with van der Waals surface area (Å²) in [4.78, 5) is 27.3. The van der Waals surface area contributed by atoms with E-state index in [9.17, 15) is 14.7 Å². The fraction of sp³-hybridized carbons (Fsp3) is 0.167. The Hall–Kier alpha value is -3.31. The van der Waals surface area contributed by atoms with Crippen molar-refractivity contribution < 1.29 is 19.1 Å². The number of amides is 1. The van der Waals surface area contributed by atoms with Crippen molar-refractivity contribution in [2.75, 3.05) is 4.90 Å². The summed E-state index contributed by atoms with van der Waals surface area (Å²) in [5.41, 5.74) is 2.04. The maximum Gasteiger partial charge on any atom is 0.300 e. The van der Waals surface area contributed by atoms with Crippen LogP contribution in [0.1, 0.15) is 42.7 Å². The van der Waals surface area contributed by atoms with Gasteiger partial charge in [-0.15, -0.1) is 0 Å². The molecule has 1 atom stereocenters. The maximum atomic E-state index is 13.0. The third kappa shape index (κ3) is 3.42. The molecular weight excluding hydrogens is 402 g/mol. The molecular formula is C24H20ClNO4. The molecule has 5 nitrogen and oxygen atoms in total. The lowest BCUT2D eigenvalue weighted by Gasteiger charge is -2.23. The van der Waals surface area contributed by atoms with Crippen LogP contribution in [0.15, 0.2) is 76.9 Å². The first-order valence-corrected chi connectivity index (χ1v) is 9.96. The van der Waals surface area contributed by atoms with E-state index in [-0.39, 0.29) is 11.3 Å². The van der Waals surface area contributed by atoms with Crippen LogP contribution in [0, 0.1) is 0 Å². The van der Waals surface area contributed by atoms with Gasteiger partial charge >= 0.3 is 0 Å². The molecule has 1 aromatic heterocycles. The van der Waals surface area contributed by atoms with Gasteiger partial charge in [0.15, 0.2) is 0 Å². The number of carbonyl (C=O) groups excluding carboxylic acids is 2. The molecule has 2 aromatic carbocycles. The van der Waals surface area contributed by atoms with Crippen LogP contribution in [0.25, 0.3) is 5.76 Å². The number of hydrogen-bond donors (Lipinski definition) is 1. The lowest BCUT2D eigenvalue weighted by molar-refractivity contribution is -0.132. The number of nitrogens with zero attached hydrogens (tertiary/aromatic N) is 1. The van der Waals surface area contributed by atoms with E-state index in [1.54, 1.807) is 48.5 Å². The van der Waals surface area contributed by atoms with Crippen molar-refractivity contribution in [2.45, 2.75) is 25.8 Å². The summed E-state index contributed by atoms with van der Waals surface area (Å²) in [6.45, 7) is 4.16. The number of anilines is 1. The highest BCUT2D eigenvalue weighted by molar-refractivity contribution is 6.51. The van der Waals surface area contributed by atoms with Crippen molar-refractivity contribution >= 4 is 34.7 Å². The summed E-state index contributed by atoms with van der Waals surface area (Å²) in [5, 5.41) is 11.4. The summed E-state index contributed by atoms with van der Waals surface area (Å²) in [5.74, 6) is -1.04. The maximum absolute atomic E-state index is 13.0. The second-order valence-electron chi connectivity index (χ2n) is 7.44. The Morgan fingerprint density at radius 3 is 2.27 bits per heavy atom. The smallest absolute Gasteiger partial charge is 0.300 e. The van der Waals surface area contributed by atoms with Crippen LogP contribution in [-0.2, 0) is 9.59 Å². The highest BCUT2D eigenvalue weighted by Crippen LogP contribution is 2.42. The molecule has 3 aromatic rings. The van der Waals surface area contributed by atoms with E-state index in [1.807, 2.05) is 12.1 Å². The van der Waals surface area contributed by atoms with Gasteiger partial charge in [-0.25, -0.2) is 0 Å². The van der Waals surface area contributed by atoms with E-state index in [0.29, 0.717) is 28.0 Å². The fourth-order valence-corrected chi connectivity index (χ4v) is 3.72. The summed E-state index contributed by atoms with van der Waals surface area (Å²) >= 11 is 5.93. The lowest BCUT2D eigenvalue weighted by atomic mass is 9.99. The number of ketones is 1. The summed E-state index contributed by atoms with van der Waals surface area (Å²) in [6, 6.07) is 16.4. The Labute approximate surface area is 179 Å². The number of carbonyl (C=O) groups is 2. The van der Waals surface area contributed by atoms with Crippen molar-refractivity contribution in [2.24, 2.45) is 0 Å². The highest BCUT2D eigenvalue weighted by atomic mass is 35.5. The number of halogens is 1. The Balaban J connectivity index is 1.87. The van der Waals surface area contributed by atoms with E-state index in [1.165, 1.54) is 11.2 Å². The number of furan rings is 1. The lowest BCUT2D eigenvalue weighted by Crippen LogP contribution is -2.29. The quantitative estimate of drug-likeness (QED) is 0.334. The Morgan fingerprint density at radius 2 is 1.70 bits per heavy atom. The number of hydrogen-bond acceptors (Lipinski definition) is 4. The van der Waals surface area contributed by atoms with Gasteiger partial charge in [-0.1, -0.05) is 37.6 Å². The van der Waals surface area contributed by atoms with E-state index in [2.05, 4.69) is 13.8 Å². The zero-order valence-electron chi connectivity index (χ0n) is 16.5. The summed E-state index contributed by atoms with van der Waals surface area (Å²) in [7, 11) is 0. The van der Waals surface area contributed by atoms with E-state index in [0.717, 1.165) is 5.56 Å². The van der Waals surface area contributed by atoms with Gasteiger partial charge in [-0.3, -0.25) is 14.5 Å². The molecule has 0 saturated carbocycles. The first-order valence-electron chi connectivity index (χ1n) is 9.58. The van der Waals surface area contributed by atoms with Crippen LogP contribution in [0.5, 0.6) is 0 Å². The van der Waals surface area contributed by atoms with Crippen LogP contribution in [-0.4, -0.2) is 16.8 Å². The molecule has 1 aliphatic heterocycles. The molecule has 0 spiro atoms. The van der Waals surface area contributed by atoms with Gasteiger partial charge < -0.3 is 9.52 Å². The Bertz CT molecular complexity index is 1110. The predicted octanol–water partition coefficient (Wildman–Crippen LogP) is 5.68. The first-order chi connectivity index (χ1) is 14.4. The van der Waals surface area contributed by atoms with E-state index in [4.69, 9.17) is 16.0 Å². The molecule has 1 saturated heterocycles. The number of benzene rings is 2. The third-order valence-corrected chi connectivity index (χ3v) is 5.46. The molecule has 30 heavy (non-hydrogen) atoms. The standard InChI is InChI=1S/C24H20ClNO4/c1-14(2)15-7-11-18(12-8-15)26-21(19-4-3-13-30-19)20(23(28)24(26)29)22(27)16-5-9-17(25)10-6-16/h3-14,21,27H,1-2H3/b22-20-. The molecule has 4 rings (SSSR count). The molecule has 1 unspecified atom stereocenters. The van der Waals surface area contributed by atoms with Crippen molar-refractivity contribution in [3.63, 3.8) is 0 Å². The van der Waals surface area contributed by atoms with Crippen molar-refractivity contribution in [3.05, 3.63) is 94.4 Å². The molecule has 1 aliphatic rings. The topological polar surface area (TPSA) is 70.8 Å². The minimum atomic E-state index is -0.874. The highest BCUT2D eigenvalue weighted by Gasteiger charge is 2.48. The van der Waals surface area contributed by atoms with Crippen LogP contribution < -0.4 is 4.90 Å². The molecule has 1 fully saturated rings. The van der Waals surface area contributed by atoms with Crippen LogP contribution in [0.4, 0.5) is 5.69 Å². The van der Waals surface area contributed by atoms with E-state index < -0.39 is 17.7 Å². The zero-order chi connectivity index (χ0) is 21.4. The molecule has 1 amide bonds. The predicted molar refractivity (Wildman–Crippen MR) is 115 cm³/mol. The minimum Gasteiger partial charge on any atom is -0.507 e. The summed E-state index contributed by atoms with van der Waals surface area (Å²) in [6.07, 6.45) is 1.47. The number of Topliss-reactive ketones (excluding diaryl/α,β-unsaturated/α-hetero) is 1. The van der Waals surface area contributed by atoms with Gasteiger partial charge in [0.05, 0.1) is 11.8 Å². The number of aliphatic hydroxyl groups excluding tert-OH is 1. The van der Waals surface area contributed by atoms with Gasteiger partial charge in [0.1, 0.15) is 17.6 Å². The monoisotopic (exact) mass is 421 g/mol. The number of rotatable bonds is 4.